The highest BCUT2D eigenvalue weighted by Gasteiger charge is 2.17. The summed E-state index contributed by atoms with van der Waals surface area (Å²) in [5.74, 6) is -0.716. The summed E-state index contributed by atoms with van der Waals surface area (Å²) in [4.78, 5) is 23.9. The molecule has 0 saturated carbocycles. The molecule has 2 rings (SSSR count). The number of likely N-dealkylation sites (N-methyl/N-ethyl adjacent to an activating group) is 1. The maximum absolute atomic E-state index is 12.9. The quantitative estimate of drug-likeness (QED) is 0.589. The normalized spacial score (nSPS) is 10.3. The van der Waals surface area contributed by atoms with Crippen molar-refractivity contribution in [3.8, 4) is 5.75 Å². The maximum atomic E-state index is 12.9. The molecule has 0 radical (unpaired) electrons. The summed E-state index contributed by atoms with van der Waals surface area (Å²) in [7, 11) is 1.51. The van der Waals surface area contributed by atoms with Gasteiger partial charge in [0.2, 0.25) is 0 Å². The van der Waals surface area contributed by atoms with E-state index in [0.717, 1.165) is 6.07 Å². The molecule has 8 heteroatoms. The molecule has 0 aliphatic rings. The molecule has 0 fully saturated rings. The summed E-state index contributed by atoms with van der Waals surface area (Å²) in [6, 6.07) is 9.76. The van der Waals surface area contributed by atoms with Gasteiger partial charge in [-0.2, -0.15) is 0 Å². The van der Waals surface area contributed by atoms with Gasteiger partial charge in [-0.1, -0.05) is 29.8 Å². The summed E-state index contributed by atoms with van der Waals surface area (Å²) < 4.78 is 18.2. The van der Waals surface area contributed by atoms with Crippen LogP contribution in [0.15, 0.2) is 42.5 Å². The summed E-state index contributed by atoms with van der Waals surface area (Å²) in [6.07, 6.45) is 0. The monoisotopic (exact) mass is 352 g/mol. The number of para-hydroxylation sites is 1. The minimum atomic E-state index is -0.507. The van der Waals surface area contributed by atoms with Crippen LogP contribution in [0.25, 0.3) is 0 Å². The van der Waals surface area contributed by atoms with Crippen molar-refractivity contribution in [2.24, 2.45) is 0 Å². The molecular formula is C16H14ClFN2O4. The molecular weight excluding hydrogens is 339 g/mol. The van der Waals surface area contributed by atoms with Gasteiger partial charge in [0.1, 0.15) is 11.6 Å². The number of carbonyl (C=O) groups is 1. The molecule has 0 spiro atoms. The Balaban J connectivity index is 1.99. The Hall–Kier alpha value is -2.67. The molecule has 0 saturated heterocycles. The van der Waals surface area contributed by atoms with E-state index in [2.05, 4.69) is 0 Å². The molecule has 0 N–H and O–H groups in total. The fraction of sp³-hybridized carbons (Fsp3) is 0.188. The van der Waals surface area contributed by atoms with E-state index < -0.39 is 16.6 Å². The number of nitro groups is 1. The summed E-state index contributed by atoms with van der Waals surface area (Å²) in [5, 5.41) is 11.0. The molecule has 0 unspecified atom stereocenters. The molecule has 6 nitrogen and oxygen atoms in total. The highest BCUT2D eigenvalue weighted by molar-refractivity contribution is 6.32. The van der Waals surface area contributed by atoms with E-state index in [9.17, 15) is 19.3 Å². The lowest BCUT2D eigenvalue weighted by Crippen LogP contribution is -2.31. The summed E-state index contributed by atoms with van der Waals surface area (Å²) >= 11 is 5.81. The van der Waals surface area contributed by atoms with Crippen LogP contribution in [0, 0.1) is 15.9 Å². The zero-order chi connectivity index (χ0) is 17.7. The Labute approximate surface area is 142 Å². The Morgan fingerprint density at radius 1 is 1.33 bits per heavy atom. The van der Waals surface area contributed by atoms with Gasteiger partial charge >= 0.3 is 0 Å². The molecule has 1 amide bonds. The molecule has 0 aromatic heterocycles. The maximum Gasteiger partial charge on any atom is 0.274 e. The number of halogens is 2. The molecule has 0 heterocycles. The smallest absolute Gasteiger partial charge is 0.274 e. The van der Waals surface area contributed by atoms with E-state index in [4.69, 9.17) is 16.3 Å². The van der Waals surface area contributed by atoms with Crippen molar-refractivity contribution in [3.63, 3.8) is 0 Å². The third-order valence-electron chi connectivity index (χ3n) is 3.27. The van der Waals surface area contributed by atoms with Gasteiger partial charge in [-0.3, -0.25) is 14.9 Å². The zero-order valence-corrected chi connectivity index (χ0v) is 13.5. The van der Waals surface area contributed by atoms with Crippen LogP contribution in [0.5, 0.6) is 5.75 Å². The average Bonchev–Trinajstić information content (AvgIpc) is 2.54. The average molecular weight is 353 g/mol. The van der Waals surface area contributed by atoms with E-state index in [1.165, 1.54) is 30.1 Å². The fourth-order valence-corrected chi connectivity index (χ4v) is 2.23. The van der Waals surface area contributed by atoms with Crippen LogP contribution in [-0.2, 0) is 11.3 Å². The van der Waals surface area contributed by atoms with E-state index in [-0.39, 0.29) is 29.6 Å². The van der Waals surface area contributed by atoms with Crippen molar-refractivity contribution >= 4 is 23.2 Å². The molecule has 2 aromatic rings. The predicted octanol–water partition coefficient (Wildman–Crippen LogP) is 3.42. The van der Waals surface area contributed by atoms with Gasteiger partial charge in [0.05, 0.1) is 16.5 Å². The number of ether oxygens (including phenoxy) is 1. The predicted molar refractivity (Wildman–Crippen MR) is 86.5 cm³/mol. The first-order chi connectivity index (χ1) is 11.4. The molecule has 0 aliphatic heterocycles. The molecule has 0 aliphatic carbocycles. The van der Waals surface area contributed by atoms with E-state index in [1.54, 1.807) is 18.2 Å². The van der Waals surface area contributed by atoms with Crippen molar-refractivity contribution in [2.45, 2.75) is 6.54 Å². The van der Waals surface area contributed by atoms with Crippen LogP contribution in [0.4, 0.5) is 10.1 Å². The van der Waals surface area contributed by atoms with Crippen LogP contribution in [0.1, 0.15) is 5.56 Å². The largest absolute Gasteiger partial charge is 0.482 e. The van der Waals surface area contributed by atoms with Crippen LogP contribution in [-0.4, -0.2) is 29.4 Å². The lowest BCUT2D eigenvalue weighted by Gasteiger charge is -2.17. The van der Waals surface area contributed by atoms with Crippen LogP contribution >= 0.6 is 11.6 Å². The van der Waals surface area contributed by atoms with Crippen molar-refractivity contribution in [2.75, 3.05) is 13.7 Å². The van der Waals surface area contributed by atoms with Gasteiger partial charge in [0.15, 0.2) is 6.61 Å². The number of nitrogens with zero attached hydrogens (tertiary/aromatic N) is 2. The third-order valence-corrected chi connectivity index (χ3v) is 3.56. The van der Waals surface area contributed by atoms with E-state index in [1.807, 2.05) is 0 Å². The Morgan fingerprint density at radius 2 is 2.04 bits per heavy atom. The van der Waals surface area contributed by atoms with Crippen molar-refractivity contribution < 1.29 is 18.8 Å². The first-order valence-corrected chi connectivity index (χ1v) is 7.30. The van der Waals surface area contributed by atoms with Gasteiger partial charge in [0, 0.05) is 18.7 Å². The lowest BCUT2D eigenvalue weighted by atomic mass is 10.1. The van der Waals surface area contributed by atoms with Crippen molar-refractivity contribution in [1.29, 1.82) is 0 Å². The first kappa shape index (κ1) is 17.7. The van der Waals surface area contributed by atoms with Crippen molar-refractivity contribution in [3.05, 3.63) is 69.0 Å². The number of benzene rings is 2. The Morgan fingerprint density at radius 3 is 2.71 bits per heavy atom. The summed E-state index contributed by atoms with van der Waals surface area (Å²) in [5.41, 5.74) is 0.359. The minimum absolute atomic E-state index is 0.0559. The molecule has 24 heavy (non-hydrogen) atoms. The first-order valence-electron chi connectivity index (χ1n) is 6.92. The van der Waals surface area contributed by atoms with Gasteiger partial charge in [-0.05, 0) is 18.2 Å². The second-order valence-electron chi connectivity index (χ2n) is 5.00. The number of carbonyl (C=O) groups excluding carboxylic acids is 1. The fourth-order valence-electron chi connectivity index (χ4n) is 2.01. The van der Waals surface area contributed by atoms with Crippen molar-refractivity contribution in [1.82, 2.24) is 4.90 Å². The molecule has 0 atom stereocenters. The molecule has 2 aromatic carbocycles. The SMILES string of the molecule is CN(Cc1ccccc1[N+](=O)[O-])C(=O)COc1ccc(F)cc1Cl. The third kappa shape index (κ3) is 4.42. The Kier molecular flexibility index (Phi) is 5.70. The van der Waals surface area contributed by atoms with E-state index in [0.29, 0.717) is 5.56 Å². The molecule has 0 bridgehead atoms. The van der Waals surface area contributed by atoms with Crippen LogP contribution in [0.3, 0.4) is 0 Å². The van der Waals surface area contributed by atoms with E-state index >= 15 is 0 Å². The topological polar surface area (TPSA) is 72.7 Å². The number of hydrogen-bond acceptors (Lipinski definition) is 4. The van der Waals surface area contributed by atoms with Crippen LogP contribution in [0.2, 0.25) is 5.02 Å². The second-order valence-corrected chi connectivity index (χ2v) is 5.41. The highest BCUT2D eigenvalue weighted by atomic mass is 35.5. The minimum Gasteiger partial charge on any atom is -0.482 e. The number of rotatable bonds is 6. The lowest BCUT2D eigenvalue weighted by molar-refractivity contribution is -0.385. The molecule has 126 valence electrons. The zero-order valence-electron chi connectivity index (χ0n) is 12.7. The standard InChI is InChI=1S/C16H14ClFN2O4/c1-19(9-11-4-2-3-5-14(11)20(22)23)16(21)10-24-15-7-6-12(18)8-13(15)17/h2-8H,9-10H2,1H3. The number of amides is 1. The van der Waals surface area contributed by atoms with Gasteiger partial charge in [-0.15, -0.1) is 0 Å². The number of hydrogen-bond donors (Lipinski definition) is 0. The highest BCUT2D eigenvalue weighted by Crippen LogP contribution is 2.25. The number of nitro benzene ring substituents is 1. The van der Waals surface area contributed by atoms with Crippen LogP contribution < -0.4 is 4.74 Å². The van der Waals surface area contributed by atoms with Gasteiger partial charge in [-0.25, -0.2) is 4.39 Å². The summed E-state index contributed by atoms with van der Waals surface area (Å²) in [6.45, 7) is -0.251. The van der Waals surface area contributed by atoms with Gasteiger partial charge in [0.25, 0.3) is 11.6 Å². The van der Waals surface area contributed by atoms with Gasteiger partial charge < -0.3 is 9.64 Å². The Bertz CT molecular complexity index is 769. The second kappa shape index (κ2) is 7.74.